The second kappa shape index (κ2) is 4.85. The molecule has 108 valence electrons. The first-order valence-corrected chi connectivity index (χ1v) is 8.06. The molecule has 0 spiro atoms. The summed E-state index contributed by atoms with van der Waals surface area (Å²) in [5.41, 5.74) is -0.410. The normalized spacial score (nSPS) is 12.3. The fourth-order valence-electron chi connectivity index (χ4n) is 1.35. The molecule has 1 aromatic heterocycles. The summed E-state index contributed by atoms with van der Waals surface area (Å²) in [7, 11) is -8.09. The summed E-state index contributed by atoms with van der Waals surface area (Å²) in [5, 5.41) is 4.58. The van der Waals surface area contributed by atoms with Gasteiger partial charge in [-0.1, -0.05) is 0 Å². The van der Waals surface area contributed by atoms with Gasteiger partial charge in [0.1, 0.15) is 5.82 Å². The molecule has 20 heavy (non-hydrogen) atoms. The highest BCUT2D eigenvalue weighted by atomic mass is 32.2. The van der Waals surface area contributed by atoms with Crippen molar-refractivity contribution in [1.82, 2.24) is 9.97 Å². The van der Waals surface area contributed by atoms with Gasteiger partial charge in [-0.3, -0.25) is 4.72 Å². The number of nitrogens with zero attached hydrogens (tertiary/aromatic N) is 1. The molecule has 0 fully saturated rings. The van der Waals surface area contributed by atoms with Crippen LogP contribution in [0.1, 0.15) is 0 Å². The maximum Gasteiger partial charge on any atom is 0.279 e. The van der Waals surface area contributed by atoms with Gasteiger partial charge < -0.3 is 4.98 Å². The highest BCUT2D eigenvalue weighted by Crippen LogP contribution is 2.20. The lowest BCUT2D eigenvalue weighted by molar-refractivity contribution is 0.592. The van der Waals surface area contributed by atoms with Crippen LogP contribution < -0.4 is 9.86 Å². The number of hydrogen-bond donors (Lipinski definition) is 3. The van der Waals surface area contributed by atoms with Gasteiger partial charge in [0, 0.05) is 0 Å². The SMILES string of the molecule is NS(=O)(=O)c1ccc(NS(=O)(=O)c2cnc[nH]2)c(F)c1. The fourth-order valence-corrected chi connectivity index (χ4v) is 2.84. The van der Waals surface area contributed by atoms with Crippen LogP contribution in [0, 0.1) is 5.82 Å². The Morgan fingerprint density at radius 3 is 2.45 bits per heavy atom. The molecule has 2 rings (SSSR count). The molecule has 0 saturated carbocycles. The summed E-state index contributed by atoms with van der Waals surface area (Å²) >= 11 is 0. The van der Waals surface area contributed by atoms with Crippen LogP contribution in [0.5, 0.6) is 0 Å². The predicted molar refractivity (Wildman–Crippen MR) is 67.2 cm³/mol. The minimum atomic E-state index is -4.06. The van der Waals surface area contributed by atoms with Gasteiger partial charge in [0.05, 0.1) is 23.1 Å². The molecule has 0 amide bonds. The van der Waals surface area contributed by atoms with Crippen molar-refractivity contribution in [3.8, 4) is 0 Å². The van der Waals surface area contributed by atoms with Gasteiger partial charge in [0.15, 0.2) is 5.03 Å². The van der Waals surface area contributed by atoms with Crippen molar-refractivity contribution in [2.45, 2.75) is 9.92 Å². The van der Waals surface area contributed by atoms with Crippen molar-refractivity contribution in [3.63, 3.8) is 0 Å². The first-order chi connectivity index (χ1) is 9.20. The summed E-state index contributed by atoms with van der Waals surface area (Å²) in [6, 6.07) is 2.58. The van der Waals surface area contributed by atoms with E-state index in [0.717, 1.165) is 24.7 Å². The number of aromatic nitrogens is 2. The Morgan fingerprint density at radius 2 is 1.95 bits per heavy atom. The van der Waals surface area contributed by atoms with E-state index in [1.165, 1.54) is 0 Å². The number of H-pyrrole nitrogens is 1. The smallest absolute Gasteiger partial charge is 0.279 e. The number of nitrogens with two attached hydrogens (primary N) is 1. The van der Waals surface area contributed by atoms with Gasteiger partial charge in [0.2, 0.25) is 10.0 Å². The Kier molecular flexibility index (Phi) is 3.50. The van der Waals surface area contributed by atoms with Crippen LogP contribution in [0.3, 0.4) is 0 Å². The van der Waals surface area contributed by atoms with E-state index in [4.69, 9.17) is 5.14 Å². The third-order valence-corrected chi connectivity index (χ3v) is 4.48. The van der Waals surface area contributed by atoms with Crippen molar-refractivity contribution in [3.05, 3.63) is 36.5 Å². The van der Waals surface area contributed by atoms with Crippen LogP contribution in [-0.4, -0.2) is 26.8 Å². The van der Waals surface area contributed by atoms with Crippen LogP contribution >= 0.6 is 0 Å². The molecule has 0 atom stereocenters. The average molecular weight is 320 g/mol. The molecule has 8 nitrogen and oxygen atoms in total. The number of sulfonamides is 2. The van der Waals surface area contributed by atoms with E-state index in [0.29, 0.717) is 6.07 Å². The molecule has 4 N–H and O–H groups in total. The van der Waals surface area contributed by atoms with Gasteiger partial charge in [-0.15, -0.1) is 0 Å². The minimum Gasteiger partial charge on any atom is -0.334 e. The van der Waals surface area contributed by atoms with Gasteiger partial charge >= 0.3 is 0 Å². The second-order valence-corrected chi connectivity index (χ2v) is 6.92. The van der Waals surface area contributed by atoms with Crippen molar-refractivity contribution < 1.29 is 21.2 Å². The molecule has 0 unspecified atom stereocenters. The zero-order valence-electron chi connectivity index (χ0n) is 9.74. The summed E-state index contributed by atoms with van der Waals surface area (Å²) in [6.07, 6.45) is 2.19. The van der Waals surface area contributed by atoms with Gasteiger partial charge in [0.25, 0.3) is 10.0 Å². The van der Waals surface area contributed by atoms with Crippen molar-refractivity contribution in [1.29, 1.82) is 0 Å². The number of nitrogens with one attached hydrogen (secondary N) is 2. The Bertz CT molecular complexity index is 831. The lowest BCUT2D eigenvalue weighted by atomic mass is 10.3. The molecule has 1 heterocycles. The third-order valence-electron chi connectivity index (χ3n) is 2.28. The Morgan fingerprint density at radius 1 is 1.25 bits per heavy atom. The van der Waals surface area contributed by atoms with Crippen LogP contribution in [0.15, 0.2) is 40.6 Å². The van der Waals surface area contributed by atoms with Crippen LogP contribution in [0.25, 0.3) is 0 Å². The van der Waals surface area contributed by atoms with E-state index in [1.54, 1.807) is 0 Å². The lowest BCUT2D eigenvalue weighted by Gasteiger charge is -2.08. The minimum absolute atomic E-state index is 0.257. The van der Waals surface area contributed by atoms with Crippen LogP contribution in [0.4, 0.5) is 10.1 Å². The summed E-state index contributed by atoms with van der Waals surface area (Å²) in [5.74, 6) is -1.07. The molecule has 0 aliphatic heterocycles. The quantitative estimate of drug-likeness (QED) is 0.728. The van der Waals surface area contributed by atoms with Crippen molar-refractivity contribution in [2.24, 2.45) is 5.14 Å². The van der Waals surface area contributed by atoms with Gasteiger partial charge in [-0.25, -0.2) is 22.9 Å². The average Bonchev–Trinajstić information content (AvgIpc) is 2.84. The molecule has 2 aromatic rings. The highest BCUT2D eigenvalue weighted by molar-refractivity contribution is 7.92. The van der Waals surface area contributed by atoms with Crippen LogP contribution in [0.2, 0.25) is 0 Å². The van der Waals surface area contributed by atoms with E-state index < -0.39 is 36.4 Å². The molecular weight excluding hydrogens is 311 g/mol. The second-order valence-electron chi connectivity index (χ2n) is 3.71. The van der Waals surface area contributed by atoms with E-state index >= 15 is 0 Å². The molecular formula is C9H9FN4O4S2. The van der Waals surface area contributed by atoms with Gasteiger partial charge in [-0.2, -0.15) is 8.42 Å². The zero-order chi connectivity index (χ0) is 15.0. The molecule has 11 heteroatoms. The number of benzene rings is 1. The summed E-state index contributed by atoms with van der Waals surface area (Å²) < 4.78 is 61.3. The molecule has 0 radical (unpaired) electrons. The van der Waals surface area contributed by atoms with E-state index in [2.05, 4.69) is 9.97 Å². The maximum atomic E-state index is 13.7. The number of imidazole rings is 1. The largest absolute Gasteiger partial charge is 0.334 e. The molecule has 1 aromatic carbocycles. The first kappa shape index (κ1) is 14.4. The Labute approximate surface area is 113 Å². The monoisotopic (exact) mass is 320 g/mol. The van der Waals surface area contributed by atoms with Crippen molar-refractivity contribution >= 4 is 25.7 Å². The summed E-state index contributed by atoms with van der Waals surface area (Å²) in [4.78, 5) is 5.43. The Balaban J connectivity index is 2.37. The molecule has 0 saturated heterocycles. The predicted octanol–water partition coefficient (Wildman–Crippen LogP) is -0.00300. The number of aromatic amines is 1. The topological polar surface area (TPSA) is 135 Å². The van der Waals surface area contributed by atoms with Crippen LogP contribution in [-0.2, 0) is 20.0 Å². The zero-order valence-corrected chi connectivity index (χ0v) is 11.4. The number of primary sulfonamides is 1. The van der Waals surface area contributed by atoms with Gasteiger partial charge in [-0.05, 0) is 18.2 Å². The fraction of sp³-hybridized carbons (Fsp3) is 0. The lowest BCUT2D eigenvalue weighted by Crippen LogP contribution is -2.16. The van der Waals surface area contributed by atoms with E-state index in [1.807, 2.05) is 4.72 Å². The molecule has 0 aliphatic rings. The number of rotatable bonds is 4. The highest BCUT2D eigenvalue weighted by Gasteiger charge is 2.19. The number of hydrogen-bond acceptors (Lipinski definition) is 5. The number of halogens is 1. The summed E-state index contributed by atoms with van der Waals surface area (Å²) in [6.45, 7) is 0. The van der Waals surface area contributed by atoms with E-state index in [9.17, 15) is 21.2 Å². The first-order valence-electron chi connectivity index (χ1n) is 5.04. The third kappa shape index (κ3) is 2.95. The molecule has 0 aliphatic carbocycles. The number of anilines is 1. The molecule has 0 bridgehead atoms. The Hall–Kier alpha value is -1.98. The van der Waals surface area contributed by atoms with E-state index in [-0.39, 0.29) is 5.03 Å². The van der Waals surface area contributed by atoms with Crippen molar-refractivity contribution in [2.75, 3.05) is 4.72 Å². The maximum absolute atomic E-state index is 13.7. The standard InChI is InChI=1S/C9H9FN4O4S2/c10-7-3-6(19(11,15)16)1-2-8(7)14-20(17,18)9-4-12-5-13-9/h1-5,14H,(H,12,13)(H2,11,15,16).